The maximum Gasteiger partial charge on any atom is 0.254 e. The Balaban J connectivity index is 1.47. The number of ether oxygens (including phenoxy) is 1. The first kappa shape index (κ1) is 26.8. The van der Waals surface area contributed by atoms with Gasteiger partial charge < -0.3 is 20.3 Å². The summed E-state index contributed by atoms with van der Waals surface area (Å²) in [6, 6.07) is 7.33. The molecular weight excluding hydrogens is 466 g/mol. The predicted octanol–water partition coefficient (Wildman–Crippen LogP) is 2.18. The van der Waals surface area contributed by atoms with Gasteiger partial charge in [-0.3, -0.25) is 19.3 Å². The van der Waals surface area contributed by atoms with Gasteiger partial charge in [-0.05, 0) is 25.0 Å². The summed E-state index contributed by atoms with van der Waals surface area (Å²) < 4.78 is 5.32. The van der Waals surface area contributed by atoms with E-state index in [1.54, 1.807) is 22.4 Å². The van der Waals surface area contributed by atoms with Gasteiger partial charge in [-0.15, -0.1) is 11.3 Å². The molecule has 1 fully saturated rings. The van der Waals surface area contributed by atoms with E-state index in [0.717, 1.165) is 38.4 Å². The van der Waals surface area contributed by atoms with Crippen molar-refractivity contribution >= 4 is 34.2 Å². The van der Waals surface area contributed by atoms with Gasteiger partial charge in [0.25, 0.3) is 5.91 Å². The number of hydrogen-bond donors (Lipinski definition) is 2. The van der Waals surface area contributed by atoms with Gasteiger partial charge in [0.2, 0.25) is 11.8 Å². The van der Waals surface area contributed by atoms with Gasteiger partial charge in [-0.1, -0.05) is 31.5 Å². The highest BCUT2D eigenvalue weighted by Crippen LogP contribution is 2.16. The highest BCUT2D eigenvalue weighted by Gasteiger charge is 2.21. The molecule has 0 atom stereocenters. The van der Waals surface area contributed by atoms with Crippen LogP contribution in [0.1, 0.15) is 35.5 Å². The van der Waals surface area contributed by atoms with Crippen LogP contribution in [0.4, 0.5) is 5.13 Å². The van der Waals surface area contributed by atoms with Crippen LogP contribution in [0.2, 0.25) is 0 Å². The molecule has 0 bridgehead atoms. The summed E-state index contributed by atoms with van der Waals surface area (Å²) in [5.41, 5.74) is 2.23. The molecule has 1 aromatic carbocycles. The molecule has 1 saturated heterocycles. The fourth-order valence-electron chi connectivity index (χ4n) is 3.72. The average molecular weight is 502 g/mol. The lowest BCUT2D eigenvalue weighted by atomic mass is 10.1. The Bertz CT molecular complexity index is 986. The van der Waals surface area contributed by atoms with Crippen molar-refractivity contribution in [3.63, 3.8) is 0 Å². The molecule has 2 heterocycles. The topological polar surface area (TPSA) is 104 Å². The molecule has 35 heavy (non-hydrogen) atoms. The zero-order valence-corrected chi connectivity index (χ0v) is 21.5. The molecular formula is C25H35N5O4S. The molecule has 190 valence electrons. The standard InChI is InChI=1S/C25H35N5O4S/c1-18(2)15-30(24(33)20-6-4-19(3)5-7-20)16-23(32)28-25-27-21(17-35-25)14-22(31)26-8-9-29-10-12-34-13-11-29/h4-7,17-18H,8-16H2,1-3H3,(H,26,31)(H,27,28,32). The Morgan fingerprint density at radius 3 is 2.54 bits per heavy atom. The Morgan fingerprint density at radius 1 is 1.14 bits per heavy atom. The number of anilines is 1. The lowest BCUT2D eigenvalue weighted by molar-refractivity contribution is -0.120. The summed E-state index contributed by atoms with van der Waals surface area (Å²) >= 11 is 1.27. The van der Waals surface area contributed by atoms with Gasteiger partial charge in [0.15, 0.2) is 5.13 Å². The third kappa shape index (κ3) is 9.04. The number of nitrogens with zero attached hydrogens (tertiary/aromatic N) is 3. The summed E-state index contributed by atoms with van der Waals surface area (Å²) in [5.74, 6) is -0.386. The monoisotopic (exact) mass is 501 g/mol. The first-order valence-corrected chi connectivity index (χ1v) is 12.8. The summed E-state index contributed by atoms with van der Waals surface area (Å²) in [5, 5.41) is 7.86. The summed E-state index contributed by atoms with van der Waals surface area (Å²) in [6.45, 7) is 11.0. The van der Waals surface area contributed by atoms with Crippen LogP contribution in [-0.4, -0.2) is 85.0 Å². The van der Waals surface area contributed by atoms with Crippen LogP contribution in [0.3, 0.4) is 0 Å². The van der Waals surface area contributed by atoms with Crippen molar-refractivity contribution in [3.05, 3.63) is 46.5 Å². The predicted molar refractivity (Wildman–Crippen MR) is 137 cm³/mol. The zero-order valence-electron chi connectivity index (χ0n) is 20.7. The number of benzene rings is 1. The van der Waals surface area contributed by atoms with Crippen LogP contribution in [0, 0.1) is 12.8 Å². The third-order valence-corrected chi connectivity index (χ3v) is 6.31. The van der Waals surface area contributed by atoms with Crippen molar-refractivity contribution in [3.8, 4) is 0 Å². The molecule has 10 heteroatoms. The highest BCUT2D eigenvalue weighted by atomic mass is 32.1. The molecule has 3 amide bonds. The number of aromatic nitrogens is 1. The first-order valence-electron chi connectivity index (χ1n) is 12.0. The molecule has 1 aliphatic rings. The van der Waals surface area contributed by atoms with E-state index in [2.05, 4.69) is 20.5 Å². The normalized spacial score (nSPS) is 14.1. The van der Waals surface area contributed by atoms with Crippen molar-refractivity contribution in [2.75, 3.05) is 57.8 Å². The minimum atomic E-state index is -0.318. The first-order chi connectivity index (χ1) is 16.8. The van der Waals surface area contributed by atoms with E-state index in [1.807, 2.05) is 32.9 Å². The maximum absolute atomic E-state index is 13.0. The Hall–Kier alpha value is -2.82. The zero-order chi connectivity index (χ0) is 25.2. The quantitative estimate of drug-likeness (QED) is 0.489. The molecule has 2 N–H and O–H groups in total. The fraction of sp³-hybridized carbons (Fsp3) is 0.520. The second-order valence-corrected chi connectivity index (χ2v) is 9.98. The molecule has 2 aromatic rings. The fourth-order valence-corrected chi connectivity index (χ4v) is 4.45. The minimum Gasteiger partial charge on any atom is -0.379 e. The van der Waals surface area contributed by atoms with Gasteiger partial charge in [0.05, 0.1) is 25.3 Å². The highest BCUT2D eigenvalue weighted by molar-refractivity contribution is 7.13. The molecule has 1 aromatic heterocycles. The van der Waals surface area contributed by atoms with E-state index in [4.69, 9.17) is 4.74 Å². The van der Waals surface area contributed by atoms with Crippen molar-refractivity contribution in [1.82, 2.24) is 20.1 Å². The van der Waals surface area contributed by atoms with Crippen molar-refractivity contribution in [2.45, 2.75) is 27.2 Å². The van der Waals surface area contributed by atoms with E-state index in [1.165, 1.54) is 11.3 Å². The molecule has 0 aliphatic carbocycles. The van der Waals surface area contributed by atoms with Crippen molar-refractivity contribution in [1.29, 1.82) is 0 Å². The average Bonchev–Trinajstić information content (AvgIpc) is 3.25. The molecule has 0 saturated carbocycles. The van der Waals surface area contributed by atoms with Gasteiger partial charge in [0, 0.05) is 43.7 Å². The van der Waals surface area contributed by atoms with E-state index >= 15 is 0 Å². The number of amides is 3. The smallest absolute Gasteiger partial charge is 0.254 e. The largest absolute Gasteiger partial charge is 0.379 e. The molecule has 0 radical (unpaired) electrons. The summed E-state index contributed by atoms with van der Waals surface area (Å²) in [7, 11) is 0. The van der Waals surface area contributed by atoms with Gasteiger partial charge in [-0.2, -0.15) is 0 Å². The van der Waals surface area contributed by atoms with E-state index in [-0.39, 0.29) is 36.6 Å². The maximum atomic E-state index is 13.0. The number of morpholine rings is 1. The summed E-state index contributed by atoms with van der Waals surface area (Å²) in [4.78, 5) is 46.1. The van der Waals surface area contributed by atoms with E-state index in [0.29, 0.717) is 29.5 Å². The number of nitrogens with one attached hydrogen (secondary N) is 2. The van der Waals surface area contributed by atoms with Crippen LogP contribution in [0.25, 0.3) is 0 Å². The number of aryl methyl sites for hydroxylation is 1. The number of rotatable bonds is 11. The van der Waals surface area contributed by atoms with Gasteiger partial charge in [0.1, 0.15) is 6.54 Å². The van der Waals surface area contributed by atoms with Crippen LogP contribution < -0.4 is 10.6 Å². The lowest BCUT2D eigenvalue weighted by Crippen LogP contribution is -2.41. The third-order valence-electron chi connectivity index (χ3n) is 5.50. The Labute approximate surface area is 210 Å². The van der Waals surface area contributed by atoms with Crippen molar-refractivity contribution in [2.24, 2.45) is 5.92 Å². The van der Waals surface area contributed by atoms with Crippen LogP contribution >= 0.6 is 11.3 Å². The number of hydrogen-bond acceptors (Lipinski definition) is 7. The Kier molecular flexibility index (Phi) is 10.2. The number of thiazole rings is 1. The molecule has 0 spiro atoms. The Morgan fingerprint density at radius 2 is 1.86 bits per heavy atom. The van der Waals surface area contributed by atoms with Gasteiger partial charge in [-0.25, -0.2) is 4.98 Å². The molecule has 0 unspecified atom stereocenters. The number of carbonyl (C=O) groups excluding carboxylic acids is 3. The molecule has 3 rings (SSSR count). The number of carbonyl (C=O) groups is 3. The van der Waals surface area contributed by atoms with Crippen LogP contribution in [0.5, 0.6) is 0 Å². The summed E-state index contributed by atoms with van der Waals surface area (Å²) in [6.07, 6.45) is 0.154. The second kappa shape index (κ2) is 13.3. The van der Waals surface area contributed by atoms with E-state index < -0.39 is 0 Å². The van der Waals surface area contributed by atoms with E-state index in [9.17, 15) is 14.4 Å². The van der Waals surface area contributed by atoms with Gasteiger partial charge >= 0.3 is 0 Å². The second-order valence-electron chi connectivity index (χ2n) is 9.12. The SMILES string of the molecule is Cc1ccc(C(=O)N(CC(=O)Nc2nc(CC(=O)NCCN3CCOCC3)cs2)CC(C)C)cc1. The lowest BCUT2D eigenvalue weighted by Gasteiger charge is -2.26. The molecule has 9 nitrogen and oxygen atoms in total. The molecule has 1 aliphatic heterocycles. The van der Waals surface area contributed by atoms with Crippen molar-refractivity contribution < 1.29 is 19.1 Å². The minimum absolute atomic E-state index is 0.0676. The van der Waals surface area contributed by atoms with Crippen LogP contribution in [0.15, 0.2) is 29.6 Å². The van der Waals surface area contributed by atoms with Crippen LogP contribution in [-0.2, 0) is 20.7 Å².